The highest BCUT2D eigenvalue weighted by atomic mass is 32.2. The molecule has 112 valence electrons. The van der Waals surface area contributed by atoms with Crippen molar-refractivity contribution in [3.05, 3.63) is 29.8 Å². The van der Waals surface area contributed by atoms with E-state index in [2.05, 4.69) is 6.92 Å². The van der Waals surface area contributed by atoms with Crippen molar-refractivity contribution in [1.29, 1.82) is 0 Å². The van der Waals surface area contributed by atoms with E-state index in [9.17, 15) is 8.42 Å². The highest BCUT2D eigenvalue weighted by Crippen LogP contribution is 2.31. The van der Waals surface area contributed by atoms with E-state index >= 15 is 0 Å². The number of benzene rings is 1. The lowest BCUT2D eigenvalue weighted by molar-refractivity contribution is 0.233. The van der Waals surface area contributed by atoms with Crippen LogP contribution in [0, 0.1) is 12.8 Å². The predicted molar refractivity (Wildman–Crippen MR) is 82.2 cm³/mol. The maximum atomic E-state index is 12.7. The quantitative estimate of drug-likeness (QED) is 0.851. The summed E-state index contributed by atoms with van der Waals surface area (Å²) in [5, 5.41) is 0. The Bertz CT molecular complexity index is 545. The first kappa shape index (κ1) is 15.5. The molecule has 1 aliphatic rings. The summed E-state index contributed by atoms with van der Waals surface area (Å²) in [7, 11) is -1.63. The van der Waals surface area contributed by atoms with E-state index < -0.39 is 10.0 Å². The summed E-state index contributed by atoms with van der Waals surface area (Å²) >= 11 is 0. The summed E-state index contributed by atoms with van der Waals surface area (Å²) in [6.45, 7) is 4.08. The molecule has 1 fully saturated rings. The van der Waals surface area contributed by atoms with Gasteiger partial charge in [0.05, 0.1) is 4.90 Å². The second-order valence-corrected chi connectivity index (χ2v) is 7.84. The monoisotopic (exact) mass is 295 g/mol. The third-order valence-electron chi connectivity index (χ3n) is 4.66. The van der Waals surface area contributed by atoms with Gasteiger partial charge >= 0.3 is 0 Å². The van der Waals surface area contributed by atoms with Crippen molar-refractivity contribution < 1.29 is 8.42 Å². The second-order valence-electron chi connectivity index (χ2n) is 5.87. The number of rotatable bonds is 4. The molecule has 0 heterocycles. The highest BCUT2D eigenvalue weighted by molar-refractivity contribution is 7.89. The van der Waals surface area contributed by atoms with Crippen LogP contribution in [0.4, 0.5) is 0 Å². The fourth-order valence-electron chi connectivity index (χ4n) is 3.11. The predicted octanol–water partition coefficient (Wildman–Crippen LogP) is 3.58. The van der Waals surface area contributed by atoms with Crippen LogP contribution in [0.2, 0.25) is 0 Å². The zero-order valence-corrected chi connectivity index (χ0v) is 13.5. The van der Waals surface area contributed by atoms with Gasteiger partial charge in [0.15, 0.2) is 0 Å². The fourth-order valence-corrected chi connectivity index (χ4v) is 4.75. The molecular weight excluding hydrogens is 270 g/mol. The molecule has 4 heteroatoms. The topological polar surface area (TPSA) is 37.4 Å². The molecule has 0 aliphatic heterocycles. The number of nitrogens with zero attached hydrogens (tertiary/aromatic N) is 1. The standard InChI is InChI=1S/C16H25NO2S/c1-4-14-9-11-15(12-10-14)17(3)20(18,19)16-8-6-5-7-13(16)2/h5-8,14-15H,4,9-12H2,1-3H3. The largest absolute Gasteiger partial charge is 0.243 e. The van der Waals surface area contributed by atoms with E-state index in [0.717, 1.165) is 37.2 Å². The number of hydrogen-bond donors (Lipinski definition) is 0. The van der Waals surface area contributed by atoms with Crippen LogP contribution in [-0.4, -0.2) is 25.8 Å². The van der Waals surface area contributed by atoms with Crippen LogP contribution in [0.15, 0.2) is 29.2 Å². The van der Waals surface area contributed by atoms with Crippen LogP contribution in [0.1, 0.15) is 44.6 Å². The van der Waals surface area contributed by atoms with Crippen LogP contribution >= 0.6 is 0 Å². The molecule has 0 unspecified atom stereocenters. The number of hydrogen-bond acceptors (Lipinski definition) is 2. The first-order chi connectivity index (χ1) is 9.46. The second kappa shape index (κ2) is 6.27. The minimum atomic E-state index is -3.36. The van der Waals surface area contributed by atoms with Crippen molar-refractivity contribution in [3.8, 4) is 0 Å². The molecule has 1 aliphatic carbocycles. The molecule has 0 atom stereocenters. The molecule has 0 saturated heterocycles. The molecule has 1 aromatic rings. The van der Waals surface area contributed by atoms with Crippen LogP contribution in [0.5, 0.6) is 0 Å². The van der Waals surface area contributed by atoms with Crippen LogP contribution < -0.4 is 0 Å². The van der Waals surface area contributed by atoms with E-state index in [4.69, 9.17) is 0 Å². The lowest BCUT2D eigenvalue weighted by atomic mass is 9.85. The Morgan fingerprint density at radius 3 is 2.30 bits per heavy atom. The van der Waals surface area contributed by atoms with Gasteiger partial charge in [-0.2, -0.15) is 4.31 Å². The highest BCUT2D eigenvalue weighted by Gasteiger charge is 2.31. The van der Waals surface area contributed by atoms with Gasteiger partial charge in [-0.05, 0) is 50.2 Å². The van der Waals surface area contributed by atoms with Gasteiger partial charge in [-0.3, -0.25) is 0 Å². The van der Waals surface area contributed by atoms with E-state index in [-0.39, 0.29) is 6.04 Å². The SMILES string of the molecule is CCC1CCC(N(C)S(=O)(=O)c2ccccc2C)CC1. The molecule has 0 bridgehead atoms. The summed E-state index contributed by atoms with van der Waals surface area (Å²) in [5.41, 5.74) is 0.821. The molecule has 2 rings (SSSR count). The molecule has 20 heavy (non-hydrogen) atoms. The Hall–Kier alpha value is -0.870. The molecular formula is C16H25NO2S. The average molecular weight is 295 g/mol. The molecule has 3 nitrogen and oxygen atoms in total. The minimum absolute atomic E-state index is 0.155. The first-order valence-electron chi connectivity index (χ1n) is 7.50. The van der Waals surface area contributed by atoms with Crippen molar-refractivity contribution in [1.82, 2.24) is 4.31 Å². The molecule has 0 radical (unpaired) electrons. The third-order valence-corrected chi connectivity index (χ3v) is 6.73. The zero-order chi connectivity index (χ0) is 14.8. The van der Waals surface area contributed by atoms with Crippen molar-refractivity contribution >= 4 is 10.0 Å². The van der Waals surface area contributed by atoms with Crippen molar-refractivity contribution in [2.75, 3.05) is 7.05 Å². The van der Waals surface area contributed by atoms with Gasteiger partial charge in [0.2, 0.25) is 10.0 Å². The Balaban J connectivity index is 2.16. The average Bonchev–Trinajstić information content (AvgIpc) is 2.47. The summed E-state index contributed by atoms with van der Waals surface area (Å²) in [6, 6.07) is 7.39. The fraction of sp³-hybridized carbons (Fsp3) is 0.625. The van der Waals surface area contributed by atoms with Crippen molar-refractivity contribution in [3.63, 3.8) is 0 Å². The van der Waals surface area contributed by atoms with Gasteiger partial charge in [0, 0.05) is 13.1 Å². The van der Waals surface area contributed by atoms with Gasteiger partial charge in [0.1, 0.15) is 0 Å². The van der Waals surface area contributed by atoms with E-state index in [1.807, 2.05) is 19.1 Å². The Labute approximate surface area is 123 Å². The Morgan fingerprint density at radius 1 is 1.15 bits per heavy atom. The third kappa shape index (κ3) is 3.07. The molecule has 1 saturated carbocycles. The van der Waals surface area contributed by atoms with E-state index in [0.29, 0.717) is 4.90 Å². The molecule has 0 amide bonds. The molecule has 0 spiro atoms. The lowest BCUT2D eigenvalue weighted by Crippen LogP contribution is -2.39. The van der Waals surface area contributed by atoms with Gasteiger partial charge < -0.3 is 0 Å². The number of aryl methyl sites for hydroxylation is 1. The Kier molecular flexibility index (Phi) is 4.86. The molecule has 0 aromatic heterocycles. The molecule has 1 aromatic carbocycles. The van der Waals surface area contributed by atoms with Gasteiger partial charge in [-0.25, -0.2) is 8.42 Å². The van der Waals surface area contributed by atoms with Gasteiger partial charge in [-0.1, -0.05) is 31.5 Å². The smallest absolute Gasteiger partial charge is 0.207 e. The summed E-state index contributed by atoms with van der Waals surface area (Å²) in [5.74, 6) is 0.779. The number of sulfonamides is 1. The van der Waals surface area contributed by atoms with Crippen LogP contribution in [-0.2, 0) is 10.0 Å². The van der Waals surface area contributed by atoms with Gasteiger partial charge in [0.25, 0.3) is 0 Å². The summed E-state index contributed by atoms with van der Waals surface area (Å²) < 4.78 is 27.1. The minimum Gasteiger partial charge on any atom is -0.207 e. The van der Waals surface area contributed by atoms with Crippen molar-refractivity contribution in [2.45, 2.75) is 56.9 Å². The van der Waals surface area contributed by atoms with E-state index in [1.165, 1.54) is 6.42 Å². The zero-order valence-electron chi connectivity index (χ0n) is 12.7. The maximum Gasteiger partial charge on any atom is 0.243 e. The summed E-state index contributed by atoms with van der Waals surface area (Å²) in [6.07, 6.45) is 5.48. The van der Waals surface area contributed by atoms with Crippen LogP contribution in [0.3, 0.4) is 0 Å². The molecule has 0 N–H and O–H groups in total. The maximum absolute atomic E-state index is 12.7. The van der Waals surface area contributed by atoms with Crippen LogP contribution in [0.25, 0.3) is 0 Å². The lowest BCUT2D eigenvalue weighted by Gasteiger charge is -2.34. The van der Waals surface area contributed by atoms with E-state index in [1.54, 1.807) is 23.5 Å². The Morgan fingerprint density at radius 2 is 1.75 bits per heavy atom. The normalized spacial score (nSPS) is 24.0. The van der Waals surface area contributed by atoms with Gasteiger partial charge in [-0.15, -0.1) is 0 Å². The summed E-state index contributed by atoms with van der Waals surface area (Å²) in [4.78, 5) is 0.445. The first-order valence-corrected chi connectivity index (χ1v) is 8.94. The van der Waals surface area contributed by atoms with Crippen molar-refractivity contribution in [2.24, 2.45) is 5.92 Å².